The van der Waals surface area contributed by atoms with Crippen molar-refractivity contribution in [3.05, 3.63) is 30.1 Å². The first-order valence-electron chi connectivity index (χ1n) is 7.03. The first kappa shape index (κ1) is 17.7. The lowest BCUT2D eigenvalue weighted by Gasteiger charge is -2.25. The highest BCUT2D eigenvalue weighted by Crippen LogP contribution is 2.42. The Balaban J connectivity index is 0.000001000. The third-order valence-electron chi connectivity index (χ3n) is 4.41. The van der Waals surface area contributed by atoms with Crippen LogP contribution in [0, 0.1) is 11.8 Å². The van der Waals surface area contributed by atoms with E-state index in [1.165, 1.54) is 31.6 Å². The van der Waals surface area contributed by atoms with Gasteiger partial charge in [-0.3, -0.25) is 9.88 Å². The Hall–Kier alpha value is -0.350. The van der Waals surface area contributed by atoms with Crippen molar-refractivity contribution in [3.63, 3.8) is 0 Å². The third kappa shape index (κ3) is 4.08. The molecule has 1 aromatic rings. The van der Waals surface area contributed by atoms with Crippen molar-refractivity contribution in [2.45, 2.75) is 25.4 Å². The first-order chi connectivity index (χ1) is 8.74. The maximum Gasteiger partial charge on any atom is 0.0543 e. The Kier molecular flexibility index (Phi) is 6.73. The second-order valence-corrected chi connectivity index (χ2v) is 6.05. The van der Waals surface area contributed by atoms with Gasteiger partial charge in [0.1, 0.15) is 0 Å². The normalized spacial score (nSPS) is 26.1. The smallest absolute Gasteiger partial charge is 0.0543 e. The van der Waals surface area contributed by atoms with Crippen LogP contribution in [-0.4, -0.2) is 48.0 Å². The van der Waals surface area contributed by atoms with Crippen molar-refractivity contribution < 1.29 is 0 Å². The number of likely N-dealkylation sites (tertiary alicyclic amines) is 1. The lowest BCUT2D eigenvalue weighted by molar-refractivity contribution is 0.233. The maximum atomic E-state index is 4.44. The Labute approximate surface area is 134 Å². The molecule has 2 heterocycles. The van der Waals surface area contributed by atoms with Gasteiger partial charge in [0.2, 0.25) is 0 Å². The fraction of sp³-hybridized carbons (Fsp3) is 0.667. The summed E-state index contributed by atoms with van der Waals surface area (Å²) >= 11 is 0. The summed E-state index contributed by atoms with van der Waals surface area (Å²) in [6.07, 6.45) is 4.80. The molecule has 1 aliphatic carbocycles. The summed E-state index contributed by atoms with van der Waals surface area (Å²) in [6, 6.07) is 6.94. The van der Waals surface area contributed by atoms with Crippen LogP contribution in [0.25, 0.3) is 0 Å². The molecule has 0 bridgehead atoms. The Morgan fingerprint density at radius 1 is 1.20 bits per heavy atom. The minimum atomic E-state index is 0. The quantitative estimate of drug-likeness (QED) is 0.851. The minimum absolute atomic E-state index is 0. The van der Waals surface area contributed by atoms with Gasteiger partial charge in [-0.05, 0) is 50.9 Å². The summed E-state index contributed by atoms with van der Waals surface area (Å²) in [7, 11) is 4.45. The summed E-state index contributed by atoms with van der Waals surface area (Å²) in [6.45, 7) is 3.46. The van der Waals surface area contributed by atoms with Crippen molar-refractivity contribution in [2.75, 3.05) is 27.2 Å². The van der Waals surface area contributed by atoms with Crippen molar-refractivity contribution in [3.8, 4) is 0 Å². The molecular weight excluding hydrogens is 293 g/mol. The van der Waals surface area contributed by atoms with E-state index in [1.54, 1.807) is 0 Å². The molecule has 3 rings (SSSR count). The highest BCUT2D eigenvalue weighted by molar-refractivity contribution is 5.85. The van der Waals surface area contributed by atoms with E-state index in [2.05, 4.69) is 41.0 Å². The molecular formula is C15H25Cl2N3. The molecule has 0 amide bonds. The standard InChI is InChI=1S/C15H23N3.2ClH/c1-17(2)15-11-18(10-14(15)12-6-7-12)9-13-5-3-4-8-16-13;;/h3-5,8,12,14-15H,6-7,9-11H2,1-2H3;2*1H/t14-,15+;;/m1../s1. The predicted molar refractivity (Wildman–Crippen MR) is 87.7 cm³/mol. The first-order valence-corrected chi connectivity index (χ1v) is 7.03. The molecule has 0 N–H and O–H groups in total. The summed E-state index contributed by atoms with van der Waals surface area (Å²) < 4.78 is 0. The lowest BCUT2D eigenvalue weighted by Crippen LogP contribution is -2.36. The van der Waals surface area contributed by atoms with Crippen LogP contribution in [0.5, 0.6) is 0 Å². The van der Waals surface area contributed by atoms with Crippen LogP contribution in [0.15, 0.2) is 24.4 Å². The summed E-state index contributed by atoms with van der Waals surface area (Å²) in [4.78, 5) is 9.44. The molecule has 114 valence electrons. The average molecular weight is 318 g/mol. The molecule has 2 aliphatic rings. The molecule has 1 aromatic heterocycles. The number of pyridine rings is 1. The molecule has 5 heteroatoms. The van der Waals surface area contributed by atoms with Gasteiger partial charge in [-0.25, -0.2) is 0 Å². The van der Waals surface area contributed by atoms with Crippen LogP contribution in [0.2, 0.25) is 0 Å². The van der Waals surface area contributed by atoms with E-state index in [0.29, 0.717) is 0 Å². The van der Waals surface area contributed by atoms with Gasteiger partial charge >= 0.3 is 0 Å². The van der Waals surface area contributed by atoms with Crippen LogP contribution in [0.4, 0.5) is 0 Å². The Morgan fingerprint density at radius 3 is 2.50 bits per heavy atom. The summed E-state index contributed by atoms with van der Waals surface area (Å²) in [5.74, 6) is 1.87. The molecule has 1 saturated heterocycles. The number of nitrogens with zero attached hydrogens (tertiary/aromatic N) is 3. The molecule has 0 spiro atoms. The van der Waals surface area contributed by atoms with Gasteiger partial charge in [-0.15, -0.1) is 24.8 Å². The monoisotopic (exact) mass is 317 g/mol. The zero-order chi connectivity index (χ0) is 12.5. The van der Waals surface area contributed by atoms with Crippen molar-refractivity contribution in [1.82, 2.24) is 14.8 Å². The van der Waals surface area contributed by atoms with Gasteiger partial charge < -0.3 is 4.90 Å². The number of hydrogen-bond donors (Lipinski definition) is 0. The molecule has 0 aromatic carbocycles. The van der Waals surface area contributed by atoms with Crippen LogP contribution >= 0.6 is 24.8 Å². The van der Waals surface area contributed by atoms with Crippen molar-refractivity contribution >= 4 is 24.8 Å². The molecule has 1 saturated carbocycles. The van der Waals surface area contributed by atoms with E-state index in [-0.39, 0.29) is 24.8 Å². The van der Waals surface area contributed by atoms with Gasteiger partial charge in [-0.1, -0.05) is 6.07 Å². The van der Waals surface area contributed by atoms with E-state index in [0.717, 1.165) is 24.4 Å². The van der Waals surface area contributed by atoms with E-state index < -0.39 is 0 Å². The largest absolute Gasteiger partial charge is 0.305 e. The third-order valence-corrected chi connectivity index (χ3v) is 4.41. The summed E-state index contributed by atoms with van der Waals surface area (Å²) in [5.41, 5.74) is 1.20. The topological polar surface area (TPSA) is 19.4 Å². The Morgan fingerprint density at radius 2 is 1.95 bits per heavy atom. The molecule has 3 nitrogen and oxygen atoms in total. The lowest BCUT2D eigenvalue weighted by atomic mass is 9.97. The van der Waals surface area contributed by atoms with Crippen LogP contribution in [-0.2, 0) is 6.54 Å². The van der Waals surface area contributed by atoms with Gasteiger partial charge in [0.15, 0.2) is 0 Å². The molecule has 2 fully saturated rings. The number of aromatic nitrogens is 1. The summed E-state index contributed by atoms with van der Waals surface area (Å²) in [5, 5.41) is 0. The molecule has 2 atom stereocenters. The van der Waals surface area contributed by atoms with E-state index in [4.69, 9.17) is 0 Å². The maximum absolute atomic E-state index is 4.44. The molecule has 0 radical (unpaired) electrons. The van der Waals surface area contributed by atoms with Gasteiger partial charge in [0.05, 0.1) is 5.69 Å². The van der Waals surface area contributed by atoms with Crippen LogP contribution in [0.3, 0.4) is 0 Å². The van der Waals surface area contributed by atoms with Crippen molar-refractivity contribution in [2.24, 2.45) is 11.8 Å². The van der Waals surface area contributed by atoms with E-state index in [9.17, 15) is 0 Å². The SMILES string of the molecule is CN(C)[C@H]1CN(Cc2ccccn2)C[C@@H]1C1CC1.Cl.Cl. The van der Waals surface area contributed by atoms with Crippen molar-refractivity contribution in [1.29, 1.82) is 0 Å². The number of rotatable bonds is 4. The van der Waals surface area contributed by atoms with E-state index in [1.807, 2.05) is 12.3 Å². The number of halogens is 2. The average Bonchev–Trinajstić information content (AvgIpc) is 3.12. The van der Waals surface area contributed by atoms with Crippen LogP contribution in [0.1, 0.15) is 18.5 Å². The molecule has 20 heavy (non-hydrogen) atoms. The fourth-order valence-corrected chi connectivity index (χ4v) is 3.28. The predicted octanol–water partition coefficient (Wildman–Crippen LogP) is 2.70. The minimum Gasteiger partial charge on any atom is -0.305 e. The molecule has 0 unspecified atom stereocenters. The highest BCUT2D eigenvalue weighted by atomic mass is 35.5. The molecule has 1 aliphatic heterocycles. The van der Waals surface area contributed by atoms with Gasteiger partial charge in [0, 0.05) is 31.9 Å². The zero-order valence-corrected chi connectivity index (χ0v) is 13.9. The van der Waals surface area contributed by atoms with Crippen LogP contribution < -0.4 is 0 Å². The highest BCUT2D eigenvalue weighted by Gasteiger charge is 2.43. The second-order valence-electron chi connectivity index (χ2n) is 6.05. The zero-order valence-electron chi connectivity index (χ0n) is 12.2. The second kappa shape index (κ2) is 7.60. The van der Waals surface area contributed by atoms with E-state index >= 15 is 0 Å². The number of hydrogen-bond acceptors (Lipinski definition) is 3. The fourth-order valence-electron chi connectivity index (χ4n) is 3.28. The van der Waals surface area contributed by atoms with Gasteiger partial charge in [0.25, 0.3) is 0 Å². The van der Waals surface area contributed by atoms with Gasteiger partial charge in [-0.2, -0.15) is 0 Å². The number of likely N-dealkylation sites (N-methyl/N-ethyl adjacent to an activating group) is 1. The Bertz CT molecular complexity index is 385.